The summed E-state index contributed by atoms with van der Waals surface area (Å²) in [6, 6.07) is 18.8. The Morgan fingerprint density at radius 2 is 1.55 bits per heavy atom. The van der Waals surface area contributed by atoms with E-state index >= 15 is 0 Å². The summed E-state index contributed by atoms with van der Waals surface area (Å²) in [5, 5.41) is 0. The van der Waals surface area contributed by atoms with E-state index in [9.17, 15) is 0 Å². The van der Waals surface area contributed by atoms with Gasteiger partial charge >= 0.3 is 0 Å². The van der Waals surface area contributed by atoms with Crippen LogP contribution in [-0.4, -0.2) is 37.0 Å². The summed E-state index contributed by atoms with van der Waals surface area (Å²) in [5.41, 5.74) is 4.67. The minimum atomic E-state index is 0.777. The van der Waals surface area contributed by atoms with E-state index in [1.54, 1.807) is 0 Å². The van der Waals surface area contributed by atoms with Gasteiger partial charge in [0.2, 0.25) is 0 Å². The van der Waals surface area contributed by atoms with Gasteiger partial charge in [-0.15, -0.1) is 0 Å². The highest BCUT2D eigenvalue weighted by Crippen LogP contribution is 2.31. The Bertz CT molecular complexity index is 728. The molecule has 110 valence electrons. The zero-order chi connectivity index (χ0) is 14.8. The van der Waals surface area contributed by atoms with Crippen LogP contribution in [0.4, 0.5) is 0 Å². The summed E-state index contributed by atoms with van der Waals surface area (Å²) in [7, 11) is 0. The largest absolute Gasteiger partial charge is 0.378 e. The molecule has 2 aliphatic rings. The van der Waals surface area contributed by atoms with Crippen LogP contribution in [0.15, 0.2) is 59.6 Å². The fourth-order valence-corrected chi connectivity index (χ4v) is 2.97. The highest BCUT2D eigenvalue weighted by molar-refractivity contribution is 6.12. The van der Waals surface area contributed by atoms with Gasteiger partial charge in [0, 0.05) is 24.2 Å². The lowest BCUT2D eigenvalue weighted by Crippen LogP contribution is -2.40. The van der Waals surface area contributed by atoms with Gasteiger partial charge in [0.05, 0.1) is 18.9 Å². The summed E-state index contributed by atoms with van der Waals surface area (Å²) < 4.78 is 5.46. The first-order chi connectivity index (χ1) is 10.9. The molecule has 0 aromatic heterocycles. The van der Waals surface area contributed by atoms with Gasteiger partial charge in [-0.2, -0.15) is 0 Å². The molecule has 2 aromatic carbocycles. The fourth-order valence-electron chi connectivity index (χ4n) is 2.97. The molecule has 4 rings (SSSR count). The van der Waals surface area contributed by atoms with E-state index in [2.05, 4.69) is 59.5 Å². The Morgan fingerprint density at radius 1 is 0.864 bits per heavy atom. The number of fused-ring (bicyclic) bond motifs is 1. The van der Waals surface area contributed by atoms with E-state index in [1.165, 1.54) is 16.7 Å². The van der Waals surface area contributed by atoms with Gasteiger partial charge in [-0.25, -0.2) is 4.99 Å². The second kappa shape index (κ2) is 5.78. The van der Waals surface area contributed by atoms with Gasteiger partial charge in [0.15, 0.2) is 0 Å². The lowest BCUT2D eigenvalue weighted by Gasteiger charge is -2.28. The number of amidine groups is 1. The number of hydrogen-bond donors (Lipinski definition) is 0. The SMILES string of the molecule is C(=C1/N=C(N2CCOCC2)c2ccccc21)/c1ccccc1. The Balaban J connectivity index is 1.76. The molecule has 2 heterocycles. The lowest BCUT2D eigenvalue weighted by atomic mass is 10.0. The van der Waals surface area contributed by atoms with E-state index in [4.69, 9.17) is 9.73 Å². The fraction of sp³-hybridized carbons (Fsp3) is 0.211. The van der Waals surface area contributed by atoms with Crippen molar-refractivity contribution in [1.82, 2.24) is 4.90 Å². The van der Waals surface area contributed by atoms with E-state index < -0.39 is 0 Å². The molecule has 0 atom stereocenters. The topological polar surface area (TPSA) is 24.8 Å². The van der Waals surface area contributed by atoms with Crippen molar-refractivity contribution in [1.29, 1.82) is 0 Å². The second-order valence-corrected chi connectivity index (χ2v) is 5.52. The molecule has 3 nitrogen and oxygen atoms in total. The van der Waals surface area contributed by atoms with E-state index in [-0.39, 0.29) is 0 Å². The van der Waals surface area contributed by atoms with Crippen LogP contribution in [0.5, 0.6) is 0 Å². The molecule has 0 amide bonds. The first-order valence-electron chi connectivity index (χ1n) is 7.70. The van der Waals surface area contributed by atoms with Crippen LogP contribution in [0.2, 0.25) is 0 Å². The number of benzene rings is 2. The molecule has 22 heavy (non-hydrogen) atoms. The number of rotatable bonds is 1. The molecule has 0 N–H and O–H groups in total. The van der Waals surface area contributed by atoms with Crippen molar-refractivity contribution < 1.29 is 4.74 Å². The zero-order valence-electron chi connectivity index (χ0n) is 12.4. The summed E-state index contributed by atoms with van der Waals surface area (Å²) in [6.07, 6.45) is 2.16. The first kappa shape index (κ1) is 13.3. The highest BCUT2D eigenvalue weighted by atomic mass is 16.5. The predicted octanol–water partition coefficient (Wildman–Crippen LogP) is 3.28. The Labute approximate surface area is 130 Å². The van der Waals surface area contributed by atoms with Crippen molar-refractivity contribution in [3.05, 3.63) is 71.3 Å². The standard InChI is InChI=1S/C19H18N2O/c1-2-6-15(7-3-1)14-18-16-8-4-5-9-17(16)19(20-18)21-10-12-22-13-11-21/h1-9,14H,10-13H2/b18-14-. The molecule has 1 saturated heterocycles. The molecule has 2 aromatic rings. The number of ether oxygens (including phenoxy) is 1. The molecule has 0 spiro atoms. The average molecular weight is 290 g/mol. The molecule has 0 aliphatic carbocycles. The van der Waals surface area contributed by atoms with Gasteiger partial charge in [0.1, 0.15) is 5.84 Å². The minimum absolute atomic E-state index is 0.777. The third kappa shape index (κ3) is 2.44. The molecule has 0 unspecified atom stereocenters. The number of hydrogen-bond acceptors (Lipinski definition) is 3. The first-order valence-corrected chi connectivity index (χ1v) is 7.70. The molecule has 1 fully saturated rings. The summed E-state index contributed by atoms with van der Waals surface area (Å²) in [5.74, 6) is 1.08. The molecule has 0 radical (unpaired) electrons. The van der Waals surface area contributed by atoms with Gasteiger partial charge in [-0.1, -0.05) is 54.6 Å². The maximum atomic E-state index is 5.46. The highest BCUT2D eigenvalue weighted by Gasteiger charge is 2.25. The molecular weight excluding hydrogens is 272 g/mol. The molecular formula is C19H18N2O. The quantitative estimate of drug-likeness (QED) is 0.805. The lowest BCUT2D eigenvalue weighted by molar-refractivity contribution is 0.0684. The van der Waals surface area contributed by atoms with Crippen molar-refractivity contribution in [3.63, 3.8) is 0 Å². The van der Waals surface area contributed by atoms with Crippen molar-refractivity contribution in [3.8, 4) is 0 Å². The van der Waals surface area contributed by atoms with Crippen LogP contribution in [0.25, 0.3) is 11.8 Å². The number of aliphatic imine (C=N–C) groups is 1. The predicted molar refractivity (Wildman–Crippen MR) is 89.7 cm³/mol. The average Bonchev–Trinajstić information content (AvgIpc) is 2.96. The normalized spacial score (nSPS) is 19.2. The second-order valence-electron chi connectivity index (χ2n) is 5.52. The monoisotopic (exact) mass is 290 g/mol. The van der Waals surface area contributed by atoms with E-state index in [0.29, 0.717) is 0 Å². The smallest absolute Gasteiger partial charge is 0.137 e. The van der Waals surface area contributed by atoms with E-state index in [1.807, 2.05) is 6.07 Å². The third-order valence-corrected chi connectivity index (χ3v) is 4.08. The minimum Gasteiger partial charge on any atom is -0.378 e. The summed E-state index contributed by atoms with van der Waals surface area (Å²) >= 11 is 0. The van der Waals surface area contributed by atoms with Crippen molar-refractivity contribution in [2.24, 2.45) is 4.99 Å². The van der Waals surface area contributed by atoms with Crippen LogP contribution >= 0.6 is 0 Å². The van der Waals surface area contributed by atoms with Crippen LogP contribution in [0.3, 0.4) is 0 Å². The Hall–Kier alpha value is -2.39. The third-order valence-electron chi connectivity index (χ3n) is 4.08. The van der Waals surface area contributed by atoms with Gasteiger partial charge in [-0.3, -0.25) is 0 Å². The maximum absolute atomic E-state index is 5.46. The number of morpholine rings is 1. The van der Waals surface area contributed by atoms with Crippen molar-refractivity contribution in [2.45, 2.75) is 0 Å². The maximum Gasteiger partial charge on any atom is 0.137 e. The van der Waals surface area contributed by atoms with Crippen molar-refractivity contribution in [2.75, 3.05) is 26.3 Å². The molecule has 3 heteroatoms. The molecule has 0 bridgehead atoms. The molecule has 0 saturated carbocycles. The Kier molecular flexibility index (Phi) is 3.49. The zero-order valence-corrected chi connectivity index (χ0v) is 12.4. The van der Waals surface area contributed by atoms with Gasteiger partial charge < -0.3 is 9.64 Å². The summed E-state index contributed by atoms with van der Waals surface area (Å²) in [4.78, 5) is 7.25. The van der Waals surface area contributed by atoms with Crippen LogP contribution < -0.4 is 0 Å². The van der Waals surface area contributed by atoms with Gasteiger partial charge in [-0.05, 0) is 11.6 Å². The van der Waals surface area contributed by atoms with Crippen LogP contribution in [0, 0.1) is 0 Å². The molecule has 2 aliphatic heterocycles. The van der Waals surface area contributed by atoms with Crippen LogP contribution in [-0.2, 0) is 4.74 Å². The van der Waals surface area contributed by atoms with E-state index in [0.717, 1.165) is 37.8 Å². The Morgan fingerprint density at radius 3 is 2.32 bits per heavy atom. The van der Waals surface area contributed by atoms with Crippen LogP contribution in [0.1, 0.15) is 16.7 Å². The number of nitrogens with zero attached hydrogens (tertiary/aromatic N) is 2. The van der Waals surface area contributed by atoms with Gasteiger partial charge in [0.25, 0.3) is 0 Å². The summed E-state index contributed by atoms with van der Waals surface area (Å²) in [6.45, 7) is 3.37. The van der Waals surface area contributed by atoms with Crippen molar-refractivity contribution >= 4 is 17.6 Å².